The van der Waals surface area contributed by atoms with Gasteiger partial charge in [0.05, 0.1) is 11.9 Å². The summed E-state index contributed by atoms with van der Waals surface area (Å²) in [6.45, 7) is 1.82. The summed E-state index contributed by atoms with van der Waals surface area (Å²) in [4.78, 5) is 28.3. The van der Waals surface area contributed by atoms with Crippen molar-refractivity contribution in [1.82, 2.24) is 10.2 Å². The highest BCUT2D eigenvalue weighted by atomic mass is 32.2. The maximum absolute atomic E-state index is 13.7. The van der Waals surface area contributed by atoms with Crippen LogP contribution in [0, 0.1) is 0 Å². The molecule has 0 unspecified atom stereocenters. The smallest absolute Gasteiger partial charge is 0.244 e. The number of nitrogens with one attached hydrogen (secondary N) is 1. The SMILES string of the molecule is C[C@H](C(=O)NC1CCCC1)N(Cc1ccccc1)C(=O)CN(c1ccc(OCc2ccccc2)cc1)S(C)(=O)=O. The number of hydrogen-bond acceptors (Lipinski definition) is 5. The van der Waals surface area contributed by atoms with Gasteiger partial charge >= 0.3 is 0 Å². The van der Waals surface area contributed by atoms with E-state index in [-0.39, 0.29) is 18.5 Å². The number of rotatable bonds is 12. The zero-order valence-corrected chi connectivity index (χ0v) is 23.8. The number of sulfonamides is 1. The van der Waals surface area contributed by atoms with Crippen molar-refractivity contribution >= 4 is 27.5 Å². The molecule has 212 valence electrons. The number of amides is 2. The monoisotopic (exact) mass is 563 g/mol. The Morgan fingerprint density at radius 3 is 2.05 bits per heavy atom. The van der Waals surface area contributed by atoms with E-state index in [0.29, 0.717) is 18.0 Å². The van der Waals surface area contributed by atoms with E-state index in [1.165, 1.54) is 4.90 Å². The van der Waals surface area contributed by atoms with Crippen molar-refractivity contribution in [2.75, 3.05) is 17.1 Å². The highest BCUT2D eigenvalue weighted by Crippen LogP contribution is 2.24. The van der Waals surface area contributed by atoms with Gasteiger partial charge in [0, 0.05) is 12.6 Å². The Hall–Kier alpha value is -3.85. The van der Waals surface area contributed by atoms with E-state index in [0.717, 1.165) is 47.4 Å². The fourth-order valence-electron chi connectivity index (χ4n) is 4.82. The van der Waals surface area contributed by atoms with E-state index in [2.05, 4.69) is 5.32 Å². The second kappa shape index (κ2) is 13.5. The third-order valence-electron chi connectivity index (χ3n) is 7.12. The summed E-state index contributed by atoms with van der Waals surface area (Å²) >= 11 is 0. The lowest BCUT2D eigenvalue weighted by Crippen LogP contribution is -2.52. The first-order valence-electron chi connectivity index (χ1n) is 13.6. The average molecular weight is 564 g/mol. The largest absolute Gasteiger partial charge is 0.489 e. The summed E-state index contributed by atoms with van der Waals surface area (Å²) in [7, 11) is -3.81. The predicted octanol–water partition coefficient (Wildman–Crippen LogP) is 4.51. The van der Waals surface area contributed by atoms with Gasteiger partial charge in [0.2, 0.25) is 21.8 Å². The van der Waals surface area contributed by atoms with Gasteiger partial charge < -0.3 is 15.0 Å². The van der Waals surface area contributed by atoms with E-state index in [1.54, 1.807) is 31.2 Å². The molecule has 40 heavy (non-hydrogen) atoms. The van der Waals surface area contributed by atoms with E-state index in [9.17, 15) is 18.0 Å². The molecule has 0 bridgehead atoms. The fraction of sp³-hybridized carbons (Fsp3) is 0.355. The lowest BCUT2D eigenvalue weighted by molar-refractivity contribution is -0.139. The number of ether oxygens (including phenoxy) is 1. The minimum atomic E-state index is -3.81. The molecule has 3 aromatic carbocycles. The highest BCUT2D eigenvalue weighted by Gasteiger charge is 2.31. The van der Waals surface area contributed by atoms with Crippen LogP contribution >= 0.6 is 0 Å². The topological polar surface area (TPSA) is 96.0 Å². The highest BCUT2D eigenvalue weighted by molar-refractivity contribution is 7.92. The van der Waals surface area contributed by atoms with Crippen molar-refractivity contribution in [3.05, 3.63) is 96.1 Å². The summed E-state index contributed by atoms with van der Waals surface area (Å²) in [6.07, 6.45) is 5.07. The standard InChI is InChI=1S/C31H37N3O5S/c1-24(31(36)32-27-15-9-10-16-27)33(21-25-11-5-3-6-12-25)30(35)22-34(40(2,37)38)28-17-19-29(20-18-28)39-23-26-13-7-4-8-14-26/h3-8,11-14,17-20,24,27H,9-10,15-16,21-23H2,1-2H3,(H,32,36)/t24-/m1/s1. The summed E-state index contributed by atoms with van der Waals surface area (Å²) in [5.74, 6) is -0.120. The number of carbonyl (C=O) groups is 2. The molecule has 1 saturated carbocycles. The molecule has 3 aromatic rings. The van der Waals surface area contributed by atoms with Crippen LogP contribution in [0.15, 0.2) is 84.9 Å². The van der Waals surface area contributed by atoms with Gasteiger partial charge in [0.15, 0.2) is 0 Å². The number of hydrogen-bond donors (Lipinski definition) is 1. The van der Waals surface area contributed by atoms with Crippen LogP contribution in [0.1, 0.15) is 43.7 Å². The first-order valence-corrected chi connectivity index (χ1v) is 15.4. The molecule has 0 aromatic heterocycles. The summed E-state index contributed by atoms with van der Waals surface area (Å²) < 4.78 is 32.5. The second-order valence-electron chi connectivity index (χ2n) is 10.2. The van der Waals surface area contributed by atoms with Crippen LogP contribution < -0.4 is 14.4 Å². The number of nitrogens with zero attached hydrogens (tertiary/aromatic N) is 2. The van der Waals surface area contributed by atoms with Crippen molar-refractivity contribution in [1.29, 1.82) is 0 Å². The maximum atomic E-state index is 13.7. The van der Waals surface area contributed by atoms with Crippen LogP contribution in [0.25, 0.3) is 0 Å². The molecule has 0 saturated heterocycles. The van der Waals surface area contributed by atoms with Gasteiger partial charge in [-0.15, -0.1) is 0 Å². The number of benzene rings is 3. The molecule has 1 aliphatic carbocycles. The second-order valence-corrected chi connectivity index (χ2v) is 12.1. The minimum absolute atomic E-state index is 0.110. The van der Waals surface area contributed by atoms with Gasteiger partial charge in [-0.1, -0.05) is 73.5 Å². The Bertz CT molecular complexity index is 1360. The quantitative estimate of drug-likeness (QED) is 0.350. The number of anilines is 1. The first-order chi connectivity index (χ1) is 19.2. The molecule has 1 atom stereocenters. The predicted molar refractivity (Wildman–Crippen MR) is 156 cm³/mol. The minimum Gasteiger partial charge on any atom is -0.489 e. The number of carbonyl (C=O) groups excluding carboxylic acids is 2. The van der Waals surface area contributed by atoms with Crippen LogP contribution in [-0.2, 0) is 32.8 Å². The van der Waals surface area contributed by atoms with Crippen molar-refractivity contribution < 1.29 is 22.7 Å². The van der Waals surface area contributed by atoms with E-state index >= 15 is 0 Å². The summed E-state index contributed by atoms with van der Waals surface area (Å²) in [5.41, 5.74) is 2.20. The molecule has 4 rings (SSSR count). The van der Waals surface area contributed by atoms with Crippen molar-refractivity contribution in [2.24, 2.45) is 0 Å². The van der Waals surface area contributed by atoms with Gasteiger partial charge in [0.1, 0.15) is 24.9 Å². The van der Waals surface area contributed by atoms with E-state index < -0.39 is 28.5 Å². The average Bonchev–Trinajstić information content (AvgIpc) is 3.47. The van der Waals surface area contributed by atoms with Crippen molar-refractivity contribution in [2.45, 2.75) is 57.8 Å². The third kappa shape index (κ3) is 8.08. The molecule has 1 N–H and O–H groups in total. The molecule has 0 heterocycles. The van der Waals surface area contributed by atoms with Gasteiger partial charge in [-0.3, -0.25) is 13.9 Å². The van der Waals surface area contributed by atoms with Crippen LogP contribution in [-0.4, -0.2) is 50.0 Å². The maximum Gasteiger partial charge on any atom is 0.244 e. The molecule has 1 fully saturated rings. The van der Waals surface area contributed by atoms with Crippen LogP contribution in [0.3, 0.4) is 0 Å². The molecule has 0 aliphatic heterocycles. The molecule has 0 radical (unpaired) electrons. The lowest BCUT2D eigenvalue weighted by Gasteiger charge is -2.32. The summed E-state index contributed by atoms with van der Waals surface area (Å²) in [5, 5.41) is 3.07. The van der Waals surface area contributed by atoms with E-state index in [1.807, 2.05) is 60.7 Å². The summed E-state index contributed by atoms with van der Waals surface area (Å²) in [6, 6.07) is 25.0. The van der Waals surface area contributed by atoms with Crippen LogP contribution in [0.2, 0.25) is 0 Å². The Balaban J connectivity index is 1.50. The van der Waals surface area contributed by atoms with Crippen molar-refractivity contribution in [3.8, 4) is 5.75 Å². The van der Waals surface area contributed by atoms with Gasteiger partial charge in [-0.2, -0.15) is 0 Å². The zero-order valence-electron chi connectivity index (χ0n) is 23.0. The molecular formula is C31H37N3O5S. The fourth-order valence-corrected chi connectivity index (χ4v) is 5.67. The third-order valence-corrected chi connectivity index (χ3v) is 8.26. The first kappa shape index (κ1) is 29.1. The lowest BCUT2D eigenvalue weighted by atomic mass is 10.1. The van der Waals surface area contributed by atoms with Gasteiger partial charge in [-0.25, -0.2) is 8.42 Å². The Morgan fingerprint density at radius 1 is 0.900 bits per heavy atom. The zero-order chi connectivity index (χ0) is 28.5. The molecule has 1 aliphatic rings. The van der Waals surface area contributed by atoms with Crippen LogP contribution in [0.5, 0.6) is 5.75 Å². The van der Waals surface area contributed by atoms with E-state index in [4.69, 9.17) is 4.74 Å². The van der Waals surface area contributed by atoms with Gasteiger partial charge in [0.25, 0.3) is 0 Å². The molecule has 9 heteroatoms. The normalized spacial score (nSPS) is 14.3. The molecule has 0 spiro atoms. The molecular weight excluding hydrogens is 526 g/mol. The Morgan fingerprint density at radius 2 is 1.48 bits per heavy atom. The van der Waals surface area contributed by atoms with Crippen molar-refractivity contribution in [3.63, 3.8) is 0 Å². The Labute approximate surface area is 237 Å². The molecule has 8 nitrogen and oxygen atoms in total. The van der Waals surface area contributed by atoms with Crippen LogP contribution in [0.4, 0.5) is 5.69 Å². The van der Waals surface area contributed by atoms with Gasteiger partial charge in [-0.05, 0) is 55.2 Å². The Kier molecular flexibility index (Phi) is 9.82. The molecule has 2 amide bonds.